The largest absolute Gasteiger partial charge is 0.355 e. The van der Waals surface area contributed by atoms with E-state index in [0.29, 0.717) is 0 Å². The van der Waals surface area contributed by atoms with Gasteiger partial charge in [-0.25, -0.2) is 0 Å². The smallest absolute Gasteiger partial charge is 0.152 e. The van der Waals surface area contributed by atoms with Gasteiger partial charge in [-0.2, -0.15) is 0 Å². The van der Waals surface area contributed by atoms with Crippen LogP contribution in [0.15, 0.2) is 36.4 Å². The van der Waals surface area contributed by atoms with Crippen LogP contribution in [0.3, 0.4) is 0 Å². The molecule has 0 spiro atoms. The first-order valence-electron chi connectivity index (χ1n) is 4.52. The number of aromatic nitrogens is 1. The molecular weight excluding hydrogens is 174 g/mol. The lowest BCUT2D eigenvalue weighted by Crippen LogP contribution is -1.79. The van der Waals surface area contributed by atoms with Crippen LogP contribution in [-0.2, 0) is 4.79 Å². The first kappa shape index (κ1) is 8.75. The zero-order chi connectivity index (χ0) is 9.97. The second kappa shape index (κ2) is 3.50. The zero-order valence-corrected chi connectivity index (χ0v) is 7.95. The van der Waals surface area contributed by atoms with E-state index in [1.807, 2.05) is 30.3 Å². The van der Waals surface area contributed by atoms with Crippen LogP contribution in [0.25, 0.3) is 17.0 Å². The van der Waals surface area contributed by atoms with Crippen molar-refractivity contribution in [1.29, 1.82) is 0 Å². The Morgan fingerprint density at radius 3 is 2.86 bits per heavy atom. The third kappa shape index (κ3) is 1.74. The number of carbonyl (C=O) groups is 1. The molecule has 0 radical (unpaired) electrons. The molecule has 0 amide bonds. The molecule has 0 saturated heterocycles. The van der Waals surface area contributed by atoms with Gasteiger partial charge in [0.2, 0.25) is 0 Å². The van der Waals surface area contributed by atoms with Crippen molar-refractivity contribution in [1.82, 2.24) is 4.98 Å². The Kier molecular flexibility index (Phi) is 2.19. The molecule has 0 atom stereocenters. The maximum atomic E-state index is 10.7. The van der Waals surface area contributed by atoms with E-state index in [9.17, 15) is 4.79 Å². The number of carbonyl (C=O) groups excluding carboxylic acids is 1. The van der Waals surface area contributed by atoms with E-state index in [1.165, 1.54) is 0 Å². The zero-order valence-electron chi connectivity index (χ0n) is 7.95. The van der Waals surface area contributed by atoms with Gasteiger partial charge in [-0.05, 0) is 36.6 Å². The topological polar surface area (TPSA) is 32.9 Å². The summed E-state index contributed by atoms with van der Waals surface area (Å²) in [5.41, 5.74) is 2.05. The quantitative estimate of drug-likeness (QED) is 0.717. The summed E-state index contributed by atoms with van der Waals surface area (Å²) in [6.45, 7) is 1.54. The molecule has 1 aromatic carbocycles. The number of hydrogen-bond donors (Lipinski definition) is 1. The first-order valence-corrected chi connectivity index (χ1v) is 4.52. The van der Waals surface area contributed by atoms with Gasteiger partial charge in [0.1, 0.15) is 0 Å². The van der Waals surface area contributed by atoms with Crippen LogP contribution in [0.2, 0.25) is 0 Å². The first-order chi connectivity index (χ1) is 6.75. The molecule has 14 heavy (non-hydrogen) atoms. The molecule has 70 valence electrons. The van der Waals surface area contributed by atoms with Crippen LogP contribution < -0.4 is 0 Å². The van der Waals surface area contributed by atoms with Crippen molar-refractivity contribution in [2.75, 3.05) is 0 Å². The monoisotopic (exact) mass is 185 g/mol. The molecule has 0 aliphatic heterocycles. The lowest BCUT2D eigenvalue weighted by Gasteiger charge is -1.84. The van der Waals surface area contributed by atoms with Crippen molar-refractivity contribution in [3.05, 3.63) is 42.1 Å². The average molecular weight is 185 g/mol. The highest BCUT2D eigenvalue weighted by Gasteiger charge is 1.95. The summed E-state index contributed by atoms with van der Waals surface area (Å²) in [4.78, 5) is 13.9. The van der Waals surface area contributed by atoms with Gasteiger partial charge in [-0.3, -0.25) is 4.79 Å². The number of rotatable bonds is 2. The van der Waals surface area contributed by atoms with Gasteiger partial charge >= 0.3 is 0 Å². The Morgan fingerprint density at radius 1 is 1.36 bits per heavy atom. The lowest BCUT2D eigenvalue weighted by molar-refractivity contribution is -0.112. The van der Waals surface area contributed by atoms with E-state index >= 15 is 0 Å². The molecule has 1 N–H and O–H groups in total. The Bertz CT molecular complexity index is 461. The normalized spacial score (nSPS) is 11.2. The van der Waals surface area contributed by atoms with Crippen LogP contribution in [0, 0.1) is 0 Å². The Morgan fingerprint density at radius 2 is 2.14 bits per heavy atom. The fourth-order valence-electron chi connectivity index (χ4n) is 1.39. The van der Waals surface area contributed by atoms with Crippen molar-refractivity contribution < 1.29 is 4.79 Å². The van der Waals surface area contributed by atoms with Crippen molar-refractivity contribution in [2.45, 2.75) is 6.92 Å². The molecule has 2 heteroatoms. The van der Waals surface area contributed by atoms with Gasteiger partial charge < -0.3 is 4.98 Å². The predicted octanol–water partition coefficient (Wildman–Crippen LogP) is 2.77. The number of hydrogen-bond acceptors (Lipinski definition) is 1. The molecule has 0 fully saturated rings. The molecule has 2 rings (SSSR count). The highest BCUT2D eigenvalue weighted by molar-refractivity contribution is 5.92. The predicted molar refractivity (Wildman–Crippen MR) is 58.0 cm³/mol. The number of para-hydroxylation sites is 1. The van der Waals surface area contributed by atoms with Crippen molar-refractivity contribution >= 4 is 22.8 Å². The Labute approximate surface area is 82.3 Å². The molecule has 1 heterocycles. The van der Waals surface area contributed by atoms with Gasteiger partial charge in [0.25, 0.3) is 0 Å². The van der Waals surface area contributed by atoms with Gasteiger partial charge in [0.15, 0.2) is 5.78 Å². The summed E-state index contributed by atoms with van der Waals surface area (Å²) in [7, 11) is 0. The van der Waals surface area contributed by atoms with E-state index in [1.54, 1.807) is 19.1 Å². The summed E-state index contributed by atoms with van der Waals surface area (Å²) in [5, 5.41) is 1.16. The fraction of sp³-hybridized carbons (Fsp3) is 0.0833. The van der Waals surface area contributed by atoms with Crippen molar-refractivity contribution in [3.8, 4) is 0 Å². The third-order valence-corrected chi connectivity index (χ3v) is 2.05. The summed E-state index contributed by atoms with van der Waals surface area (Å²) in [5.74, 6) is 0.0589. The van der Waals surface area contributed by atoms with Crippen LogP contribution >= 0.6 is 0 Å². The van der Waals surface area contributed by atoms with E-state index in [0.717, 1.165) is 16.6 Å². The van der Waals surface area contributed by atoms with Crippen molar-refractivity contribution in [3.63, 3.8) is 0 Å². The third-order valence-electron chi connectivity index (χ3n) is 2.05. The molecule has 0 bridgehead atoms. The SMILES string of the molecule is CC(=O)/C=C\c1cc2ccccc2[nH]1. The maximum absolute atomic E-state index is 10.7. The highest BCUT2D eigenvalue weighted by atomic mass is 16.1. The Balaban J connectivity index is 2.40. The number of nitrogens with one attached hydrogen (secondary N) is 1. The van der Waals surface area contributed by atoms with Crippen LogP contribution in [-0.4, -0.2) is 10.8 Å². The summed E-state index contributed by atoms with van der Waals surface area (Å²) >= 11 is 0. The molecule has 0 aliphatic rings. The molecule has 0 unspecified atom stereocenters. The molecule has 0 saturated carbocycles. The molecule has 2 aromatic rings. The number of aromatic amines is 1. The summed E-state index contributed by atoms with van der Waals surface area (Å²) < 4.78 is 0. The summed E-state index contributed by atoms with van der Waals surface area (Å²) in [6, 6.07) is 10.1. The summed E-state index contributed by atoms with van der Waals surface area (Å²) in [6.07, 6.45) is 3.35. The minimum absolute atomic E-state index is 0.0589. The lowest BCUT2D eigenvalue weighted by atomic mass is 10.2. The van der Waals surface area contributed by atoms with Gasteiger partial charge in [0, 0.05) is 11.2 Å². The molecule has 0 aliphatic carbocycles. The number of fused-ring (bicyclic) bond motifs is 1. The van der Waals surface area contributed by atoms with Crippen LogP contribution in [0.1, 0.15) is 12.6 Å². The van der Waals surface area contributed by atoms with Gasteiger partial charge in [0.05, 0.1) is 0 Å². The molecule has 1 aromatic heterocycles. The average Bonchev–Trinajstić information content (AvgIpc) is 2.57. The van der Waals surface area contributed by atoms with Gasteiger partial charge in [-0.15, -0.1) is 0 Å². The van der Waals surface area contributed by atoms with Crippen molar-refractivity contribution in [2.24, 2.45) is 0 Å². The molecular formula is C12H11NO. The number of ketones is 1. The second-order valence-electron chi connectivity index (χ2n) is 3.26. The number of allylic oxidation sites excluding steroid dienone is 1. The number of benzene rings is 1. The fourth-order valence-corrected chi connectivity index (χ4v) is 1.39. The van der Waals surface area contributed by atoms with E-state index in [-0.39, 0.29) is 5.78 Å². The standard InChI is InChI=1S/C12H11NO/c1-9(14)6-7-11-8-10-4-2-3-5-12(10)13-11/h2-8,13H,1H3/b7-6-. The van der Waals surface area contributed by atoms with Gasteiger partial charge in [-0.1, -0.05) is 18.2 Å². The maximum Gasteiger partial charge on any atom is 0.152 e. The number of H-pyrrole nitrogens is 1. The van der Waals surface area contributed by atoms with Crippen LogP contribution in [0.4, 0.5) is 0 Å². The van der Waals surface area contributed by atoms with E-state index < -0.39 is 0 Å². The molecule has 2 nitrogen and oxygen atoms in total. The van der Waals surface area contributed by atoms with E-state index in [4.69, 9.17) is 0 Å². The highest BCUT2D eigenvalue weighted by Crippen LogP contribution is 2.15. The minimum atomic E-state index is 0.0589. The Hall–Kier alpha value is -1.83. The minimum Gasteiger partial charge on any atom is -0.355 e. The van der Waals surface area contributed by atoms with Crippen LogP contribution in [0.5, 0.6) is 0 Å². The van der Waals surface area contributed by atoms with E-state index in [2.05, 4.69) is 4.98 Å². The second-order valence-corrected chi connectivity index (χ2v) is 3.26.